The van der Waals surface area contributed by atoms with E-state index in [9.17, 15) is 4.39 Å². The second-order valence-corrected chi connectivity index (χ2v) is 3.97. The van der Waals surface area contributed by atoms with E-state index in [1.165, 1.54) is 18.5 Å². The van der Waals surface area contributed by atoms with Crippen molar-refractivity contribution in [1.29, 1.82) is 0 Å². The van der Waals surface area contributed by atoms with Crippen molar-refractivity contribution >= 4 is 11.0 Å². The Morgan fingerprint density at radius 2 is 1.94 bits per heavy atom. The normalized spacial score (nSPS) is 11.0. The van der Waals surface area contributed by atoms with Gasteiger partial charge >= 0.3 is 0 Å². The van der Waals surface area contributed by atoms with Crippen LogP contribution < -0.4 is 5.73 Å². The molecule has 0 amide bonds. The average molecular weight is 242 g/mol. The van der Waals surface area contributed by atoms with Gasteiger partial charge in [-0.05, 0) is 29.8 Å². The van der Waals surface area contributed by atoms with Gasteiger partial charge in [0.05, 0.1) is 5.69 Å². The molecule has 18 heavy (non-hydrogen) atoms. The first-order valence-electron chi connectivity index (χ1n) is 5.56. The van der Waals surface area contributed by atoms with E-state index in [1.54, 1.807) is 12.1 Å². The summed E-state index contributed by atoms with van der Waals surface area (Å²) < 4.78 is 12.9. The molecule has 0 aliphatic rings. The molecule has 90 valence electrons. The van der Waals surface area contributed by atoms with Crippen molar-refractivity contribution in [2.45, 2.75) is 6.54 Å². The second-order valence-electron chi connectivity index (χ2n) is 3.97. The highest BCUT2D eigenvalue weighted by molar-refractivity contribution is 5.93. The van der Waals surface area contributed by atoms with Gasteiger partial charge in [0.15, 0.2) is 0 Å². The van der Waals surface area contributed by atoms with Crippen LogP contribution in [0.15, 0.2) is 36.8 Å². The number of aromatic amines is 1. The molecule has 0 saturated carbocycles. The summed E-state index contributed by atoms with van der Waals surface area (Å²) in [5.41, 5.74) is 9.00. The summed E-state index contributed by atoms with van der Waals surface area (Å²) in [6.07, 6.45) is 3.31. The minimum Gasteiger partial charge on any atom is -0.346 e. The largest absolute Gasteiger partial charge is 0.346 e. The molecule has 0 spiro atoms. The summed E-state index contributed by atoms with van der Waals surface area (Å²) in [5.74, 6) is -0.267. The molecule has 2 heterocycles. The molecule has 4 nitrogen and oxygen atoms in total. The lowest BCUT2D eigenvalue weighted by atomic mass is 10.1. The number of benzene rings is 1. The lowest BCUT2D eigenvalue weighted by Crippen LogP contribution is -1.96. The van der Waals surface area contributed by atoms with Gasteiger partial charge < -0.3 is 10.7 Å². The summed E-state index contributed by atoms with van der Waals surface area (Å²) in [7, 11) is 0. The van der Waals surface area contributed by atoms with E-state index in [2.05, 4.69) is 15.0 Å². The third-order valence-electron chi connectivity index (χ3n) is 2.89. The maximum absolute atomic E-state index is 12.9. The first kappa shape index (κ1) is 10.9. The van der Waals surface area contributed by atoms with Crippen molar-refractivity contribution in [3.05, 3.63) is 48.2 Å². The van der Waals surface area contributed by atoms with Crippen molar-refractivity contribution in [3.8, 4) is 11.3 Å². The summed E-state index contributed by atoms with van der Waals surface area (Å²) >= 11 is 0. The molecule has 0 aliphatic carbocycles. The number of hydrogen-bond acceptors (Lipinski definition) is 3. The molecular formula is C13H11FN4. The first-order chi connectivity index (χ1) is 8.79. The molecule has 3 N–H and O–H groups in total. The number of nitrogens with one attached hydrogen (secondary N) is 1. The van der Waals surface area contributed by atoms with E-state index < -0.39 is 0 Å². The maximum atomic E-state index is 12.9. The van der Waals surface area contributed by atoms with Gasteiger partial charge in [-0.3, -0.25) is 0 Å². The maximum Gasteiger partial charge on any atom is 0.141 e. The Hall–Kier alpha value is -2.27. The zero-order valence-corrected chi connectivity index (χ0v) is 9.52. The quantitative estimate of drug-likeness (QED) is 0.724. The lowest BCUT2D eigenvalue weighted by Gasteiger charge is -2.03. The summed E-state index contributed by atoms with van der Waals surface area (Å²) in [6.45, 7) is 0.404. The third kappa shape index (κ3) is 1.65. The van der Waals surface area contributed by atoms with Crippen LogP contribution in [0.1, 0.15) is 5.56 Å². The van der Waals surface area contributed by atoms with E-state index in [4.69, 9.17) is 5.73 Å². The van der Waals surface area contributed by atoms with Crippen LogP contribution in [0.5, 0.6) is 0 Å². The van der Waals surface area contributed by atoms with E-state index in [0.29, 0.717) is 6.54 Å². The van der Waals surface area contributed by atoms with Crippen LogP contribution in [0.4, 0.5) is 4.39 Å². The van der Waals surface area contributed by atoms with Crippen molar-refractivity contribution < 1.29 is 4.39 Å². The monoisotopic (exact) mass is 242 g/mol. The van der Waals surface area contributed by atoms with Crippen LogP contribution in [0, 0.1) is 5.82 Å². The standard InChI is InChI=1S/C13H11FN4/c14-10-3-1-8(2-4-10)12-11-9(5-15)6-16-13(11)18-7-17-12/h1-4,6-7H,5,15H2,(H,16,17,18). The topological polar surface area (TPSA) is 67.6 Å². The fourth-order valence-corrected chi connectivity index (χ4v) is 2.01. The van der Waals surface area contributed by atoms with Crippen LogP contribution in [-0.4, -0.2) is 15.0 Å². The minimum absolute atomic E-state index is 0.267. The van der Waals surface area contributed by atoms with Gasteiger partial charge in [0.2, 0.25) is 0 Å². The van der Waals surface area contributed by atoms with Crippen LogP contribution >= 0.6 is 0 Å². The second kappa shape index (κ2) is 4.19. The molecule has 2 aromatic heterocycles. The predicted octanol–water partition coefficient (Wildman–Crippen LogP) is 2.22. The van der Waals surface area contributed by atoms with Crippen molar-refractivity contribution in [3.63, 3.8) is 0 Å². The first-order valence-corrected chi connectivity index (χ1v) is 5.56. The predicted molar refractivity (Wildman–Crippen MR) is 67.2 cm³/mol. The number of aromatic nitrogens is 3. The average Bonchev–Trinajstić information content (AvgIpc) is 2.82. The Morgan fingerprint density at radius 3 is 2.67 bits per heavy atom. The van der Waals surface area contributed by atoms with Gasteiger partial charge in [0, 0.05) is 23.7 Å². The zero-order chi connectivity index (χ0) is 12.5. The van der Waals surface area contributed by atoms with Gasteiger partial charge in [0.25, 0.3) is 0 Å². The molecule has 0 bridgehead atoms. The van der Waals surface area contributed by atoms with Gasteiger partial charge in [-0.15, -0.1) is 0 Å². The number of rotatable bonds is 2. The molecule has 1 aromatic carbocycles. The number of nitrogens with two attached hydrogens (primary N) is 1. The Morgan fingerprint density at radius 1 is 1.17 bits per heavy atom. The van der Waals surface area contributed by atoms with Gasteiger partial charge in [-0.1, -0.05) is 0 Å². The van der Waals surface area contributed by atoms with Crippen molar-refractivity contribution in [1.82, 2.24) is 15.0 Å². The van der Waals surface area contributed by atoms with E-state index in [0.717, 1.165) is 27.9 Å². The molecule has 0 atom stereocenters. The summed E-state index contributed by atoms with van der Waals surface area (Å²) in [6, 6.07) is 6.23. The Bertz CT molecular complexity index is 688. The summed E-state index contributed by atoms with van der Waals surface area (Å²) in [4.78, 5) is 11.5. The fraction of sp³-hybridized carbons (Fsp3) is 0.0769. The number of nitrogens with zero attached hydrogens (tertiary/aromatic N) is 2. The Labute approximate surface area is 103 Å². The Kier molecular flexibility index (Phi) is 2.53. The Balaban J connectivity index is 2.28. The minimum atomic E-state index is -0.267. The van der Waals surface area contributed by atoms with Crippen LogP contribution in [-0.2, 0) is 6.54 Å². The molecular weight excluding hydrogens is 231 g/mol. The zero-order valence-electron chi connectivity index (χ0n) is 9.52. The molecule has 0 saturated heterocycles. The molecule has 3 aromatic rings. The lowest BCUT2D eigenvalue weighted by molar-refractivity contribution is 0.628. The van der Waals surface area contributed by atoms with Gasteiger partial charge in [-0.25, -0.2) is 14.4 Å². The van der Waals surface area contributed by atoms with Crippen LogP contribution in [0.2, 0.25) is 0 Å². The number of hydrogen-bond donors (Lipinski definition) is 2. The molecule has 5 heteroatoms. The van der Waals surface area contributed by atoms with E-state index in [1.807, 2.05) is 6.20 Å². The van der Waals surface area contributed by atoms with Crippen molar-refractivity contribution in [2.24, 2.45) is 5.73 Å². The molecule has 0 fully saturated rings. The van der Waals surface area contributed by atoms with Crippen LogP contribution in [0.25, 0.3) is 22.3 Å². The third-order valence-corrected chi connectivity index (χ3v) is 2.89. The SMILES string of the molecule is NCc1c[nH]c2ncnc(-c3ccc(F)cc3)c12. The van der Waals surface area contributed by atoms with Crippen LogP contribution in [0.3, 0.4) is 0 Å². The molecule has 0 radical (unpaired) electrons. The number of halogens is 1. The fourth-order valence-electron chi connectivity index (χ4n) is 2.01. The highest BCUT2D eigenvalue weighted by Crippen LogP contribution is 2.27. The molecule has 0 aliphatic heterocycles. The highest BCUT2D eigenvalue weighted by Gasteiger charge is 2.11. The van der Waals surface area contributed by atoms with Crippen molar-refractivity contribution in [2.75, 3.05) is 0 Å². The molecule has 3 rings (SSSR count). The van der Waals surface area contributed by atoms with E-state index in [-0.39, 0.29) is 5.82 Å². The smallest absolute Gasteiger partial charge is 0.141 e. The van der Waals surface area contributed by atoms with Gasteiger partial charge in [-0.2, -0.15) is 0 Å². The number of fused-ring (bicyclic) bond motifs is 1. The number of H-pyrrole nitrogens is 1. The molecule has 0 unspecified atom stereocenters. The van der Waals surface area contributed by atoms with E-state index >= 15 is 0 Å². The van der Waals surface area contributed by atoms with Gasteiger partial charge in [0.1, 0.15) is 17.8 Å². The highest BCUT2D eigenvalue weighted by atomic mass is 19.1. The summed E-state index contributed by atoms with van der Waals surface area (Å²) in [5, 5.41) is 0.895.